The fraction of sp³-hybridized carbons (Fsp3) is 0.529. The molecule has 0 bridgehead atoms. The van der Waals surface area contributed by atoms with E-state index in [9.17, 15) is 14.7 Å². The number of hydrogen-bond acceptors (Lipinski definition) is 4. The Morgan fingerprint density at radius 1 is 1.41 bits per heavy atom. The molecular formula is C17H23NO4. The van der Waals surface area contributed by atoms with Gasteiger partial charge in [0.1, 0.15) is 6.61 Å². The highest BCUT2D eigenvalue weighted by molar-refractivity contribution is 5.94. The summed E-state index contributed by atoms with van der Waals surface area (Å²) in [5.41, 5.74) is 1.05. The zero-order chi connectivity index (χ0) is 16.1. The Balaban J connectivity index is 2.09. The SMILES string of the molecule is CCC[C@@H](O)[C@H](C)C(=O)N1C(=O)OCC1Cc1ccccc1. The summed E-state index contributed by atoms with van der Waals surface area (Å²) in [5.74, 6) is -0.965. The Bertz CT molecular complexity index is 517. The van der Waals surface area contributed by atoms with Gasteiger partial charge in [0, 0.05) is 0 Å². The smallest absolute Gasteiger partial charge is 0.416 e. The van der Waals surface area contributed by atoms with E-state index in [2.05, 4.69) is 0 Å². The van der Waals surface area contributed by atoms with Gasteiger partial charge in [0.15, 0.2) is 0 Å². The first kappa shape index (κ1) is 16.5. The van der Waals surface area contributed by atoms with E-state index in [0.717, 1.165) is 12.0 Å². The summed E-state index contributed by atoms with van der Waals surface area (Å²) in [6.45, 7) is 3.81. The summed E-state index contributed by atoms with van der Waals surface area (Å²) in [4.78, 5) is 25.6. The number of carbonyl (C=O) groups is 2. The van der Waals surface area contributed by atoms with E-state index >= 15 is 0 Å². The molecule has 1 aromatic rings. The number of aliphatic hydroxyl groups is 1. The number of rotatable bonds is 6. The Morgan fingerprint density at radius 2 is 2.09 bits per heavy atom. The van der Waals surface area contributed by atoms with Gasteiger partial charge in [-0.3, -0.25) is 4.79 Å². The standard InChI is InChI=1S/C17H23NO4/c1-3-7-15(19)12(2)16(20)18-14(11-22-17(18)21)10-13-8-5-4-6-9-13/h4-6,8-9,12,14-15,19H,3,7,10-11H2,1-2H3/t12-,14?,15+/m0/s1. The lowest BCUT2D eigenvalue weighted by Crippen LogP contribution is -2.45. The maximum Gasteiger partial charge on any atom is 0.416 e. The van der Waals surface area contributed by atoms with Gasteiger partial charge in [0.2, 0.25) is 5.91 Å². The minimum Gasteiger partial charge on any atom is -0.447 e. The van der Waals surface area contributed by atoms with Crippen LogP contribution in [-0.2, 0) is 16.0 Å². The summed E-state index contributed by atoms with van der Waals surface area (Å²) < 4.78 is 5.05. The number of carbonyl (C=O) groups excluding carboxylic acids is 2. The van der Waals surface area contributed by atoms with Crippen molar-refractivity contribution in [1.29, 1.82) is 0 Å². The maximum absolute atomic E-state index is 12.5. The zero-order valence-electron chi connectivity index (χ0n) is 13.1. The third-order valence-corrected chi connectivity index (χ3v) is 4.06. The summed E-state index contributed by atoms with van der Waals surface area (Å²) in [7, 11) is 0. The largest absolute Gasteiger partial charge is 0.447 e. The monoisotopic (exact) mass is 305 g/mol. The molecule has 1 aliphatic heterocycles. The minimum absolute atomic E-state index is 0.204. The van der Waals surface area contributed by atoms with Crippen LogP contribution in [0.4, 0.5) is 4.79 Å². The van der Waals surface area contributed by atoms with Crippen molar-refractivity contribution in [2.75, 3.05) is 6.61 Å². The normalized spacial score (nSPS) is 20.6. The zero-order valence-corrected chi connectivity index (χ0v) is 13.1. The van der Waals surface area contributed by atoms with Crippen molar-refractivity contribution in [2.24, 2.45) is 5.92 Å². The molecule has 1 N–H and O–H groups in total. The van der Waals surface area contributed by atoms with Crippen LogP contribution in [0.25, 0.3) is 0 Å². The molecule has 0 saturated carbocycles. The van der Waals surface area contributed by atoms with Crippen LogP contribution in [-0.4, -0.2) is 40.8 Å². The van der Waals surface area contributed by atoms with Crippen molar-refractivity contribution in [3.63, 3.8) is 0 Å². The van der Waals surface area contributed by atoms with Gasteiger partial charge >= 0.3 is 6.09 Å². The summed E-state index contributed by atoms with van der Waals surface area (Å²) >= 11 is 0. The van der Waals surface area contributed by atoms with Crippen molar-refractivity contribution in [2.45, 2.75) is 45.3 Å². The van der Waals surface area contributed by atoms with E-state index in [1.54, 1.807) is 6.92 Å². The number of cyclic esters (lactones) is 1. The van der Waals surface area contributed by atoms with Gasteiger partial charge in [0.05, 0.1) is 18.1 Å². The first-order chi connectivity index (χ1) is 10.5. The Morgan fingerprint density at radius 3 is 2.73 bits per heavy atom. The van der Waals surface area contributed by atoms with Crippen LogP contribution in [0.2, 0.25) is 0 Å². The third-order valence-electron chi connectivity index (χ3n) is 4.06. The number of benzene rings is 1. The van der Waals surface area contributed by atoms with Crippen molar-refractivity contribution >= 4 is 12.0 Å². The van der Waals surface area contributed by atoms with Crippen LogP contribution in [0.15, 0.2) is 30.3 Å². The van der Waals surface area contributed by atoms with Crippen LogP contribution in [0.3, 0.4) is 0 Å². The fourth-order valence-electron chi connectivity index (χ4n) is 2.70. The molecule has 0 aromatic heterocycles. The molecule has 22 heavy (non-hydrogen) atoms. The number of imide groups is 1. The summed E-state index contributed by atoms with van der Waals surface area (Å²) in [6, 6.07) is 9.38. The molecule has 120 valence electrons. The van der Waals surface area contributed by atoms with E-state index in [1.165, 1.54) is 4.90 Å². The van der Waals surface area contributed by atoms with Crippen molar-refractivity contribution in [1.82, 2.24) is 4.90 Å². The summed E-state index contributed by atoms with van der Waals surface area (Å²) in [6.07, 6.45) is 0.551. The summed E-state index contributed by atoms with van der Waals surface area (Å²) in [5, 5.41) is 10.0. The molecule has 0 radical (unpaired) electrons. The number of ether oxygens (including phenoxy) is 1. The fourth-order valence-corrected chi connectivity index (χ4v) is 2.70. The van der Waals surface area contributed by atoms with Crippen LogP contribution < -0.4 is 0 Å². The van der Waals surface area contributed by atoms with Crippen LogP contribution in [0.1, 0.15) is 32.3 Å². The predicted octanol–water partition coefficient (Wildman–Crippen LogP) is 2.37. The molecule has 1 aliphatic rings. The van der Waals surface area contributed by atoms with Crippen molar-refractivity contribution < 1.29 is 19.4 Å². The molecule has 5 nitrogen and oxygen atoms in total. The second kappa shape index (κ2) is 7.40. The number of aliphatic hydroxyl groups excluding tert-OH is 1. The minimum atomic E-state index is -0.733. The molecule has 3 atom stereocenters. The van der Waals surface area contributed by atoms with Crippen molar-refractivity contribution in [3.05, 3.63) is 35.9 Å². The van der Waals surface area contributed by atoms with E-state index < -0.39 is 18.1 Å². The molecule has 1 unspecified atom stereocenters. The second-order valence-corrected chi connectivity index (χ2v) is 5.77. The van der Waals surface area contributed by atoms with Crippen LogP contribution in [0, 0.1) is 5.92 Å². The Labute approximate surface area is 130 Å². The highest BCUT2D eigenvalue weighted by Gasteiger charge is 2.40. The molecule has 0 spiro atoms. The molecule has 1 fully saturated rings. The topological polar surface area (TPSA) is 66.8 Å². The van der Waals surface area contributed by atoms with Crippen LogP contribution >= 0.6 is 0 Å². The first-order valence-electron chi connectivity index (χ1n) is 7.76. The van der Waals surface area contributed by atoms with Gasteiger partial charge in [-0.25, -0.2) is 9.69 Å². The highest BCUT2D eigenvalue weighted by atomic mass is 16.6. The Kier molecular flexibility index (Phi) is 5.55. The van der Waals surface area contributed by atoms with Gasteiger partial charge in [0.25, 0.3) is 0 Å². The molecular weight excluding hydrogens is 282 g/mol. The quantitative estimate of drug-likeness (QED) is 0.876. The van der Waals surface area contributed by atoms with E-state index in [1.807, 2.05) is 37.3 Å². The maximum atomic E-state index is 12.5. The molecule has 2 amide bonds. The molecule has 1 aromatic carbocycles. The number of nitrogens with zero attached hydrogens (tertiary/aromatic N) is 1. The van der Waals surface area contributed by atoms with Gasteiger partial charge in [-0.1, -0.05) is 50.6 Å². The van der Waals surface area contributed by atoms with Gasteiger partial charge in [-0.15, -0.1) is 0 Å². The average Bonchev–Trinajstić information content (AvgIpc) is 2.87. The average molecular weight is 305 g/mol. The van der Waals surface area contributed by atoms with E-state index in [-0.39, 0.29) is 18.6 Å². The van der Waals surface area contributed by atoms with Crippen LogP contribution in [0.5, 0.6) is 0 Å². The van der Waals surface area contributed by atoms with Gasteiger partial charge in [-0.05, 0) is 18.4 Å². The number of hydrogen-bond donors (Lipinski definition) is 1. The molecule has 0 aliphatic carbocycles. The van der Waals surface area contributed by atoms with E-state index in [4.69, 9.17) is 4.74 Å². The molecule has 1 heterocycles. The first-order valence-corrected chi connectivity index (χ1v) is 7.76. The van der Waals surface area contributed by atoms with Gasteiger partial charge < -0.3 is 9.84 Å². The molecule has 5 heteroatoms. The lowest BCUT2D eigenvalue weighted by Gasteiger charge is -2.25. The van der Waals surface area contributed by atoms with E-state index in [0.29, 0.717) is 12.8 Å². The predicted molar refractivity (Wildman–Crippen MR) is 82.2 cm³/mol. The third kappa shape index (κ3) is 3.65. The second-order valence-electron chi connectivity index (χ2n) is 5.77. The number of amides is 2. The lowest BCUT2D eigenvalue weighted by atomic mass is 9.98. The molecule has 1 saturated heterocycles. The lowest BCUT2D eigenvalue weighted by molar-refractivity contribution is -0.136. The van der Waals surface area contributed by atoms with Gasteiger partial charge in [-0.2, -0.15) is 0 Å². The highest BCUT2D eigenvalue weighted by Crippen LogP contribution is 2.22. The Hall–Kier alpha value is -1.88. The molecule has 2 rings (SSSR count). The van der Waals surface area contributed by atoms with Crippen molar-refractivity contribution in [3.8, 4) is 0 Å².